The fourth-order valence-corrected chi connectivity index (χ4v) is 3.46. The molecule has 2 aromatic carbocycles. The van der Waals surface area contributed by atoms with E-state index in [1.165, 1.54) is 7.11 Å². The lowest BCUT2D eigenvalue weighted by molar-refractivity contribution is 0.102. The minimum absolute atomic E-state index is 0.0178. The zero-order chi connectivity index (χ0) is 17.2. The Morgan fingerprint density at radius 1 is 1.17 bits per heavy atom. The summed E-state index contributed by atoms with van der Waals surface area (Å²) in [5, 5.41) is 7.96. The zero-order valence-corrected chi connectivity index (χ0v) is 13.9. The molecule has 0 saturated heterocycles. The largest absolute Gasteiger partial charge is 0.497 e. The molecule has 0 saturated carbocycles. The molecule has 2 rings (SSSR count). The first kappa shape index (κ1) is 17.0. The molecule has 0 heterocycles. The van der Waals surface area contributed by atoms with E-state index in [-0.39, 0.29) is 10.5 Å². The van der Waals surface area contributed by atoms with E-state index in [9.17, 15) is 13.2 Å². The highest BCUT2D eigenvalue weighted by molar-refractivity contribution is 7.89. The van der Waals surface area contributed by atoms with Crippen molar-refractivity contribution in [2.24, 2.45) is 5.14 Å². The summed E-state index contributed by atoms with van der Waals surface area (Å²) < 4.78 is 28.5. The minimum Gasteiger partial charge on any atom is -0.497 e. The van der Waals surface area contributed by atoms with Gasteiger partial charge in [0.25, 0.3) is 5.91 Å². The third-order valence-corrected chi connectivity index (χ3v) is 4.66. The molecule has 0 aromatic heterocycles. The number of methoxy groups -OCH3 is 1. The number of carbonyl (C=O) groups is 1. The highest BCUT2D eigenvalue weighted by atomic mass is 32.2. The molecule has 0 unspecified atom stereocenters. The number of sulfonamides is 1. The van der Waals surface area contributed by atoms with Crippen LogP contribution in [0, 0.1) is 13.8 Å². The van der Waals surface area contributed by atoms with Crippen LogP contribution < -0.4 is 15.2 Å². The van der Waals surface area contributed by atoms with Crippen LogP contribution in [-0.2, 0) is 10.0 Å². The topological polar surface area (TPSA) is 98.5 Å². The molecule has 6 nitrogen and oxygen atoms in total. The second kappa shape index (κ2) is 6.39. The fourth-order valence-electron chi connectivity index (χ4n) is 2.41. The van der Waals surface area contributed by atoms with E-state index in [0.717, 1.165) is 0 Å². The Hall–Kier alpha value is -2.38. The lowest BCUT2D eigenvalue weighted by Crippen LogP contribution is -2.19. The van der Waals surface area contributed by atoms with Crippen LogP contribution in [0.25, 0.3) is 0 Å². The van der Waals surface area contributed by atoms with Crippen LogP contribution in [0.3, 0.4) is 0 Å². The van der Waals surface area contributed by atoms with Crippen molar-refractivity contribution in [3.8, 4) is 5.75 Å². The van der Waals surface area contributed by atoms with Gasteiger partial charge in [0.15, 0.2) is 0 Å². The number of nitrogens with two attached hydrogens (primary N) is 1. The number of benzene rings is 2. The number of amides is 1. The van der Waals surface area contributed by atoms with Crippen molar-refractivity contribution in [1.82, 2.24) is 0 Å². The van der Waals surface area contributed by atoms with Crippen molar-refractivity contribution in [1.29, 1.82) is 0 Å². The second-order valence-electron chi connectivity index (χ2n) is 5.12. The van der Waals surface area contributed by atoms with Crippen molar-refractivity contribution in [2.75, 3.05) is 12.4 Å². The summed E-state index contributed by atoms with van der Waals surface area (Å²) in [5.41, 5.74) is 1.63. The van der Waals surface area contributed by atoms with Crippen LogP contribution in [0.15, 0.2) is 41.3 Å². The number of ether oxygens (including phenoxy) is 1. The smallest absolute Gasteiger partial charge is 0.255 e. The van der Waals surface area contributed by atoms with Crippen molar-refractivity contribution >= 4 is 21.6 Å². The molecular formula is C16H18N2O4S. The molecule has 7 heteroatoms. The molecule has 0 fully saturated rings. The third kappa shape index (κ3) is 3.69. The van der Waals surface area contributed by atoms with Gasteiger partial charge in [0.2, 0.25) is 10.0 Å². The molecular weight excluding hydrogens is 316 g/mol. The molecule has 0 aliphatic heterocycles. The Kier molecular flexibility index (Phi) is 4.72. The van der Waals surface area contributed by atoms with Crippen LogP contribution in [0.4, 0.5) is 5.69 Å². The van der Waals surface area contributed by atoms with Gasteiger partial charge in [-0.2, -0.15) is 0 Å². The molecule has 23 heavy (non-hydrogen) atoms. The summed E-state index contributed by atoms with van der Waals surface area (Å²) in [7, 11) is -2.37. The number of rotatable bonds is 4. The molecule has 1 amide bonds. The van der Waals surface area contributed by atoms with E-state index >= 15 is 0 Å². The van der Waals surface area contributed by atoms with Gasteiger partial charge in [-0.1, -0.05) is 12.1 Å². The summed E-state index contributed by atoms with van der Waals surface area (Å²) in [5.74, 6) is 0.189. The molecule has 0 aliphatic rings. The van der Waals surface area contributed by atoms with E-state index in [1.807, 2.05) is 0 Å². The molecule has 2 aromatic rings. The number of carbonyl (C=O) groups excluding carboxylic acids is 1. The first-order chi connectivity index (χ1) is 10.7. The maximum Gasteiger partial charge on any atom is 0.255 e. The molecule has 3 N–H and O–H groups in total. The van der Waals surface area contributed by atoms with Crippen LogP contribution in [0.1, 0.15) is 21.5 Å². The Balaban J connectivity index is 2.40. The molecule has 0 spiro atoms. The number of hydrogen-bond donors (Lipinski definition) is 2. The van der Waals surface area contributed by atoms with Gasteiger partial charge in [-0.05, 0) is 43.2 Å². The van der Waals surface area contributed by atoms with Gasteiger partial charge < -0.3 is 10.1 Å². The average Bonchev–Trinajstić information content (AvgIpc) is 2.46. The number of anilines is 1. The highest BCUT2D eigenvalue weighted by Gasteiger charge is 2.20. The maximum atomic E-state index is 12.4. The summed E-state index contributed by atoms with van der Waals surface area (Å²) in [6, 6.07) is 10.0. The Labute approximate surface area is 135 Å². The molecule has 0 aliphatic carbocycles. The SMILES string of the molecule is COc1cccc(NC(=O)c2ccc(C)c(S(N)(=O)=O)c2C)c1. The van der Waals surface area contributed by atoms with Gasteiger partial charge in [-0.15, -0.1) is 0 Å². The molecule has 0 atom stereocenters. The summed E-state index contributed by atoms with van der Waals surface area (Å²) in [6.07, 6.45) is 0. The van der Waals surface area contributed by atoms with Gasteiger partial charge in [0.1, 0.15) is 5.75 Å². The van der Waals surface area contributed by atoms with E-state index in [2.05, 4.69) is 5.32 Å². The lowest BCUT2D eigenvalue weighted by Gasteiger charge is -2.13. The monoisotopic (exact) mass is 334 g/mol. The zero-order valence-electron chi connectivity index (χ0n) is 13.1. The van der Waals surface area contributed by atoms with Gasteiger partial charge >= 0.3 is 0 Å². The number of nitrogens with one attached hydrogen (secondary N) is 1. The predicted octanol–water partition coefficient (Wildman–Crippen LogP) is 2.21. The van der Waals surface area contributed by atoms with Crippen molar-refractivity contribution in [3.63, 3.8) is 0 Å². The first-order valence-electron chi connectivity index (χ1n) is 6.82. The lowest BCUT2D eigenvalue weighted by atomic mass is 10.0. The predicted molar refractivity (Wildman–Crippen MR) is 88.2 cm³/mol. The van der Waals surface area contributed by atoms with Gasteiger partial charge in [-0.25, -0.2) is 13.6 Å². The first-order valence-corrected chi connectivity index (χ1v) is 8.37. The molecule has 0 bridgehead atoms. The standard InChI is InChI=1S/C16H18N2O4S/c1-10-7-8-14(11(2)15(10)23(17,20)21)16(19)18-12-5-4-6-13(9-12)22-3/h4-9H,1-3H3,(H,18,19)(H2,17,20,21). The number of aryl methyl sites for hydroxylation is 1. The summed E-state index contributed by atoms with van der Waals surface area (Å²) in [4.78, 5) is 12.4. The van der Waals surface area contributed by atoms with Crippen LogP contribution >= 0.6 is 0 Å². The average molecular weight is 334 g/mol. The fraction of sp³-hybridized carbons (Fsp3) is 0.188. The normalized spacial score (nSPS) is 11.1. The van der Waals surface area contributed by atoms with Gasteiger partial charge in [0, 0.05) is 17.3 Å². The van der Waals surface area contributed by atoms with Crippen molar-refractivity contribution in [3.05, 3.63) is 53.1 Å². The van der Waals surface area contributed by atoms with E-state index in [4.69, 9.17) is 9.88 Å². The number of hydrogen-bond acceptors (Lipinski definition) is 4. The van der Waals surface area contributed by atoms with Gasteiger partial charge in [-0.3, -0.25) is 4.79 Å². The maximum absolute atomic E-state index is 12.4. The van der Waals surface area contributed by atoms with Gasteiger partial charge in [0.05, 0.1) is 12.0 Å². The van der Waals surface area contributed by atoms with Crippen molar-refractivity contribution in [2.45, 2.75) is 18.7 Å². The highest BCUT2D eigenvalue weighted by Crippen LogP contribution is 2.24. The van der Waals surface area contributed by atoms with E-state index in [1.54, 1.807) is 50.2 Å². The Bertz CT molecular complexity index is 860. The summed E-state index contributed by atoms with van der Waals surface area (Å²) in [6.45, 7) is 3.20. The Morgan fingerprint density at radius 2 is 1.87 bits per heavy atom. The van der Waals surface area contributed by atoms with Crippen LogP contribution in [0.5, 0.6) is 5.75 Å². The van der Waals surface area contributed by atoms with Crippen LogP contribution in [0.2, 0.25) is 0 Å². The summed E-state index contributed by atoms with van der Waals surface area (Å²) >= 11 is 0. The minimum atomic E-state index is -3.90. The van der Waals surface area contributed by atoms with E-state index < -0.39 is 15.9 Å². The Morgan fingerprint density at radius 3 is 2.48 bits per heavy atom. The third-order valence-electron chi connectivity index (χ3n) is 3.46. The molecule has 0 radical (unpaired) electrons. The van der Waals surface area contributed by atoms with E-state index in [0.29, 0.717) is 22.6 Å². The molecule has 122 valence electrons. The van der Waals surface area contributed by atoms with Crippen molar-refractivity contribution < 1.29 is 17.9 Å². The number of primary sulfonamides is 1. The second-order valence-corrected chi connectivity index (χ2v) is 6.61. The van der Waals surface area contributed by atoms with Crippen LogP contribution in [-0.4, -0.2) is 21.4 Å². The quantitative estimate of drug-likeness (QED) is 0.895.